The molecular formula is C15H14ClN3. The molecule has 0 amide bonds. The van der Waals surface area contributed by atoms with Crippen LogP contribution in [0.1, 0.15) is 11.4 Å². The first-order valence-corrected chi connectivity index (χ1v) is 6.46. The largest absolute Gasteiger partial charge is 0.399 e. The molecular weight excluding hydrogens is 258 g/mol. The van der Waals surface area contributed by atoms with Crippen LogP contribution in [-0.2, 0) is 13.5 Å². The predicted octanol–water partition coefficient (Wildman–Crippen LogP) is 3.40. The predicted molar refractivity (Wildman–Crippen MR) is 79.4 cm³/mol. The lowest BCUT2D eigenvalue weighted by molar-refractivity contribution is 0.845. The van der Waals surface area contributed by atoms with Gasteiger partial charge in [0.05, 0.1) is 11.0 Å². The molecule has 1 aromatic heterocycles. The van der Waals surface area contributed by atoms with Gasteiger partial charge in [0.25, 0.3) is 0 Å². The number of nitrogen functional groups attached to an aromatic ring is 1. The summed E-state index contributed by atoms with van der Waals surface area (Å²) in [6, 6.07) is 13.6. The lowest BCUT2D eigenvalue weighted by atomic mass is 10.1. The molecule has 3 aromatic rings. The first kappa shape index (κ1) is 12.1. The van der Waals surface area contributed by atoms with Crippen LogP contribution in [0.15, 0.2) is 42.5 Å². The van der Waals surface area contributed by atoms with Crippen LogP contribution in [0, 0.1) is 0 Å². The highest BCUT2D eigenvalue weighted by Crippen LogP contribution is 2.21. The highest BCUT2D eigenvalue weighted by molar-refractivity contribution is 6.31. The smallest absolute Gasteiger partial charge is 0.114 e. The standard InChI is InChI=1S/C15H14ClN3/c1-19-14-9-11(16)4-7-13(14)18-15(19)8-10-2-5-12(17)6-3-10/h2-7,9H,8,17H2,1H3. The van der Waals surface area contributed by atoms with Crippen LogP contribution in [0.2, 0.25) is 5.02 Å². The number of rotatable bonds is 2. The number of imidazole rings is 1. The molecule has 0 saturated carbocycles. The van der Waals surface area contributed by atoms with Gasteiger partial charge in [-0.05, 0) is 35.9 Å². The van der Waals surface area contributed by atoms with Crippen molar-refractivity contribution in [2.24, 2.45) is 7.05 Å². The van der Waals surface area contributed by atoms with E-state index in [4.69, 9.17) is 17.3 Å². The molecule has 19 heavy (non-hydrogen) atoms. The van der Waals surface area contributed by atoms with Gasteiger partial charge in [-0.2, -0.15) is 0 Å². The topological polar surface area (TPSA) is 43.8 Å². The molecule has 3 nitrogen and oxygen atoms in total. The SMILES string of the molecule is Cn1c(Cc2ccc(N)cc2)nc2ccc(Cl)cc21. The summed E-state index contributed by atoms with van der Waals surface area (Å²) in [7, 11) is 2.01. The third kappa shape index (κ3) is 2.29. The Kier molecular flexibility index (Phi) is 2.91. The average molecular weight is 272 g/mol. The summed E-state index contributed by atoms with van der Waals surface area (Å²) in [5.41, 5.74) is 9.69. The van der Waals surface area contributed by atoms with Crippen molar-refractivity contribution >= 4 is 28.3 Å². The number of aryl methyl sites for hydroxylation is 1. The van der Waals surface area contributed by atoms with Gasteiger partial charge in [-0.25, -0.2) is 4.98 Å². The molecule has 0 bridgehead atoms. The lowest BCUT2D eigenvalue weighted by Crippen LogP contribution is -1.99. The fourth-order valence-electron chi connectivity index (χ4n) is 2.19. The summed E-state index contributed by atoms with van der Waals surface area (Å²) in [6.07, 6.45) is 0.781. The van der Waals surface area contributed by atoms with Crippen molar-refractivity contribution in [1.82, 2.24) is 9.55 Å². The lowest BCUT2D eigenvalue weighted by Gasteiger charge is -2.03. The van der Waals surface area contributed by atoms with Gasteiger partial charge in [0.1, 0.15) is 5.82 Å². The number of nitrogens with zero attached hydrogens (tertiary/aromatic N) is 2. The number of aromatic nitrogens is 2. The van der Waals surface area contributed by atoms with E-state index in [1.807, 2.05) is 49.5 Å². The molecule has 0 fully saturated rings. The summed E-state index contributed by atoms with van der Waals surface area (Å²) in [5, 5.41) is 0.731. The number of hydrogen-bond acceptors (Lipinski definition) is 2. The Balaban J connectivity index is 2.01. The van der Waals surface area contributed by atoms with Gasteiger partial charge in [-0.3, -0.25) is 0 Å². The zero-order chi connectivity index (χ0) is 13.4. The van der Waals surface area contributed by atoms with Crippen molar-refractivity contribution in [3.05, 3.63) is 58.9 Å². The fourth-order valence-corrected chi connectivity index (χ4v) is 2.36. The molecule has 0 unspecified atom stereocenters. The van der Waals surface area contributed by atoms with E-state index in [1.54, 1.807) is 0 Å². The minimum absolute atomic E-state index is 0.731. The van der Waals surface area contributed by atoms with E-state index >= 15 is 0 Å². The molecule has 96 valence electrons. The Morgan fingerprint density at radius 1 is 1.16 bits per heavy atom. The van der Waals surface area contributed by atoms with Crippen molar-refractivity contribution in [2.75, 3.05) is 5.73 Å². The van der Waals surface area contributed by atoms with E-state index < -0.39 is 0 Å². The van der Waals surface area contributed by atoms with Crippen LogP contribution in [0.3, 0.4) is 0 Å². The second kappa shape index (κ2) is 4.59. The van der Waals surface area contributed by atoms with Gasteiger partial charge < -0.3 is 10.3 Å². The van der Waals surface area contributed by atoms with E-state index in [2.05, 4.69) is 9.55 Å². The van der Waals surface area contributed by atoms with E-state index in [1.165, 1.54) is 5.56 Å². The normalized spacial score (nSPS) is 11.1. The monoisotopic (exact) mass is 271 g/mol. The molecule has 3 rings (SSSR count). The van der Waals surface area contributed by atoms with Crippen LogP contribution in [0.25, 0.3) is 11.0 Å². The summed E-state index contributed by atoms with van der Waals surface area (Å²) < 4.78 is 2.08. The highest BCUT2D eigenvalue weighted by Gasteiger charge is 2.08. The molecule has 2 aromatic carbocycles. The molecule has 0 atom stereocenters. The molecule has 0 saturated heterocycles. The first-order chi connectivity index (χ1) is 9.13. The number of nitrogens with two attached hydrogens (primary N) is 1. The molecule has 0 spiro atoms. The summed E-state index contributed by atoms with van der Waals surface area (Å²) in [4.78, 5) is 4.64. The molecule has 0 aliphatic carbocycles. The van der Waals surface area contributed by atoms with Crippen LogP contribution in [-0.4, -0.2) is 9.55 Å². The number of halogens is 1. The van der Waals surface area contributed by atoms with Crippen LogP contribution >= 0.6 is 11.6 Å². The Labute approximate surface area is 116 Å². The van der Waals surface area contributed by atoms with Crippen molar-refractivity contribution in [3.63, 3.8) is 0 Å². The van der Waals surface area contributed by atoms with Crippen molar-refractivity contribution in [2.45, 2.75) is 6.42 Å². The summed E-state index contributed by atoms with van der Waals surface area (Å²) in [6.45, 7) is 0. The second-order valence-electron chi connectivity index (χ2n) is 4.64. The average Bonchev–Trinajstić information content (AvgIpc) is 2.70. The molecule has 4 heteroatoms. The maximum atomic E-state index is 6.02. The number of benzene rings is 2. The third-order valence-electron chi connectivity index (χ3n) is 3.28. The molecule has 0 aliphatic rings. The first-order valence-electron chi connectivity index (χ1n) is 6.09. The minimum Gasteiger partial charge on any atom is -0.399 e. The summed E-state index contributed by atoms with van der Waals surface area (Å²) in [5.74, 6) is 1.02. The van der Waals surface area contributed by atoms with Gasteiger partial charge in [0.2, 0.25) is 0 Å². The maximum Gasteiger partial charge on any atom is 0.114 e. The van der Waals surface area contributed by atoms with Gasteiger partial charge in [-0.1, -0.05) is 23.7 Å². The Bertz CT molecular complexity index is 729. The highest BCUT2D eigenvalue weighted by atomic mass is 35.5. The zero-order valence-electron chi connectivity index (χ0n) is 10.6. The Hall–Kier alpha value is -2.00. The quantitative estimate of drug-likeness (QED) is 0.726. The van der Waals surface area contributed by atoms with E-state index in [0.717, 1.165) is 34.0 Å². The molecule has 0 aliphatic heterocycles. The van der Waals surface area contributed by atoms with Gasteiger partial charge in [-0.15, -0.1) is 0 Å². The van der Waals surface area contributed by atoms with Crippen LogP contribution < -0.4 is 5.73 Å². The van der Waals surface area contributed by atoms with Crippen LogP contribution in [0.5, 0.6) is 0 Å². The number of hydrogen-bond donors (Lipinski definition) is 1. The Morgan fingerprint density at radius 2 is 1.89 bits per heavy atom. The number of fused-ring (bicyclic) bond motifs is 1. The summed E-state index contributed by atoms with van der Waals surface area (Å²) >= 11 is 6.02. The number of anilines is 1. The maximum absolute atomic E-state index is 6.02. The molecule has 0 radical (unpaired) electrons. The van der Waals surface area contributed by atoms with Gasteiger partial charge in [0.15, 0.2) is 0 Å². The third-order valence-corrected chi connectivity index (χ3v) is 3.51. The van der Waals surface area contributed by atoms with Crippen molar-refractivity contribution in [1.29, 1.82) is 0 Å². The van der Waals surface area contributed by atoms with E-state index in [-0.39, 0.29) is 0 Å². The van der Waals surface area contributed by atoms with Gasteiger partial charge >= 0.3 is 0 Å². The van der Waals surface area contributed by atoms with Crippen molar-refractivity contribution in [3.8, 4) is 0 Å². The van der Waals surface area contributed by atoms with Gasteiger partial charge in [0, 0.05) is 24.2 Å². The van der Waals surface area contributed by atoms with Crippen molar-refractivity contribution < 1.29 is 0 Å². The zero-order valence-corrected chi connectivity index (χ0v) is 11.4. The van der Waals surface area contributed by atoms with E-state index in [9.17, 15) is 0 Å². The van der Waals surface area contributed by atoms with Crippen LogP contribution in [0.4, 0.5) is 5.69 Å². The molecule has 1 heterocycles. The molecule has 2 N–H and O–H groups in total. The fraction of sp³-hybridized carbons (Fsp3) is 0.133. The van der Waals surface area contributed by atoms with E-state index in [0.29, 0.717) is 0 Å². The Morgan fingerprint density at radius 3 is 2.63 bits per heavy atom. The minimum atomic E-state index is 0.731. The second-order valence-corrected chi connectivity index (χ2v) is 5.07.